The highest BCUT2D eigenvalue weighted by Crippen LogP contribution is 2.41. The van der Waals surface area contributed by atoms with Gasteiger partial charge >= 0.3 is 12.0 Å². The lowest BCUT2D eigenvalue weighted by molar-refractivity contribution is -0.135. The molecule has 204 valence electrons. The zero-order valence-electron chi connectivity index (χ0n) is 22.0. The van der Waals surface area contributed by atoms with Gasteiger partial charge in [-0.15, -0.1) is 0 Å². The molecule has 0 fully saturated rings. The van der Waals surface area contributed by atoms with Gasteiger partial charge in [-0.1, -0.05) is 60.7 Å². The first-order chi connectivity index (χ1) is 19.5. The maximum absolute atomic E-state index is 13.8. The van der Waals surface area contributed by atoms with E-state index in [-0.39, 0.29) is 36.5 Å². The Morgan fingerprint density at radius 2 is 1.73 bits per heavy atom. The van der Waals surface area contributed by atoms with Crippen LogP contribution < -0.4 is 10.6 Å². The van der Waals surface area contributed by atoms with Gasteiger partial charge < -0.3 is 25.1 Å². The summed E-state index contributed by atoms with van der Waals surface area (Å²) in [5.41, 5.74) is 3.92. The lowest BCUT2D eigenvalue weighted by Gasteiger charge is -2.41. The third kappa shape index (κ3) is 6.40. The van der Waals surface area contributed by atoms with E-state index in [1.54, 1.807) is 24.5 Å². The summed E-state index contributed by atoms with van der Waals surface area (Å²) >= 11 is 0. The normalized spacial score (nSPS) is 16.0. The van der Waals surface area contributed by atoms with Crippen molar-refractivity contribution >= 4 is 23.6 Å². The van der Waals surface area contributed by atoms with Crippen molar-refractivity contribution in [3.63, 3.8) is 0 Å². The summed E-state index contributed by atoms with van der Waals surface area (Å²) in [5, 5.41) is 14.5. The van der Waals surface area contributed by atoms with Crippen molar-refractivity contribution in [2.24, 2.45) is 5.92 Å². The Bertz CT molecular complexity index is 1470. The summed E-state index contributed by atoms with van der Waals surface area (Å²) in [5.74, 6) is -0.509. The molecule has 1 aromatic heterocycles. The van der Waals surface area contributed by atoms with Crippen LogP contribution in [0.2, 0.25) is 0 Å². The van der Waals surface area contributed by atoms with Crippen molar-refractivity contribution in [3.05, 3.63) is 125 Å². The van der Waals surface area contributed by atoms with Crippen LogP contribution in [0.4, 0.5) is 10.5 Å². The van der Waals surface area contributed by atoms with E-state index in [0.717, 1.165) is 24.8 Å². The molecule has 3 amide bonds. The van der Waals surface area contributed by atoms with Gasteiger partial charge in [0.15, 0.2) is 0 Å². The van der Waals surface area contributed by atoms with Crippen LogP contribution in [0.5, 0.6) is 0 Å². The number of aromatic carboxylic acids is 1. The Labute approximate surface area is 232 Å². The van der Waals surface area contributed by atoms with Crippen molar-refractivity contribution in [1.82, 2.24) is 10.2 Å². The first kappa shape index (κ1) is 26.7. The molecule has 0 unspecified atom stereocenters. The number of hydrogen-bond donors (Lipinski definition) is 3. The number of aryl methyl sites for hydroxylation is 1. The van der Waals surface area contributed by atoms with Crippen LogP contribution in [0.15, 0.2) is 102 Å². The van der Waals surface area contributed by atoms with Crippen LogP contribution in [-0.2, 0) is 24.2 Å². The zero-order chi connectivity index (χ0) is 27.9. The zero-order valence-corrected chi connectivity index (χ0v) is 22.0. The minimum atomic E-state index is -1.09. The summed E-state index contributed by atoms with van der Waals surface area (Å²) in [7, 11) is 0. The van der Waals surface area contributed by atoms with Crippen LogP contribution >= 0.6 is 0 Å². The number of anilines is 1. The Kier molecular flexibility index (Phi) is 8.25. The van der Waals surface area contributed by atoms with Gasteiger partial charge in [-0.3, -0.25) is 4.79 Å². The minimum Gasteiger partial charge on any atom is -0.478 e. The quantitative estimate of drug-likeness (QED) is 0.255. The number of carbonyl (C=O) groups excluding carboxylic acids is 2. The number of benzene rings is 3. The number of rotatable bonds is 9. The molecule has 0 radical (unpaired) electrons. The number of carboxylic acid groups (broad SMARTS) is 1. The molecule has 40 heavy (non-hydrogen) atoms. The average Bonchev–Trinajstić information content (AvgIpc) is 3.49. The summed E-state index contributed by atoms with van der Waals surface area (Å²) in [6.07, 6.45) is 4.26. The first-order valence-corrected chi connectivity index (χ1v) is 13.3. The lowest BCUT2D eigenvalue weighted by atomic mass is 9.76. The van der Waals surface area contributed by atoms with E-state index in [0.29, 0.717) is 11.4 Å². The molecule has 2 atom stereocenters. The third-order valence-corrected chi connectivity index (χ3v) is 7.28. The lowest BCUT2D eigenvalue weighted by Crippen LogP contribution is -2.46. The van der Waals surface area contributed by atoms with E-state index in [9.17, 15) is 19.5 Å². The first-order valence-electron chi connectivity index (χ1n) is 13.3. The van der Waals surface area contributed by atoms with Gasteiger partial charge in [0, 0.05) is 5.69 Å². The molecule has 0 aliphatic heterocycles. The molecule has 8 nitrogen and oxygen atoms in total. The molecule has 0 saturated carbocycles. The Hall–Kier alpha value is -4.85. The van der Waals surface area contributed by atoms with Crippen molar-refractivity contribution in [1.29, 1.82) is 0 Å². The highest BCUT2D eigenvalue weighted by Gasteiger charge is 2.36. The van der Waals surface area contributed by atoms with E-state index < -0.39 is 12.0 Å². The van der Waals surface area contributed by atoms with Crippen LogP contribution in [0.1, 0.15) is 45.3 Å². The monoisotopic (exact) mass is 537 g/mol. The van der Waals surface area contributed by atoms with Crippen LogP contribution in [-0.4, -0.2) is 34.5 Å². The summed E-state index contributed by atoms with van der Waals surface area (Å²) < 4.78 is 5.64. The van der Waals surface area contributed by atoms with Gasteiger partial charge in [0.25, 0.3) is 0 Å². The molecule has 0 spiro atoms. The van der Waals surface area contributed by atoms with Crippen molar-refractivity contribution < 1.29 is 23.9 Å². The van der Waals surface area contributed by atoms with Crippen molar-refractivity contribution in [2.75, 3.05) is 11.9 Å². The highest BCUT2D eigenvalue weighted by atomic mass is 16.4. The number of urea groups is 1. The fraction of sp³-hybridized carbons (Fsp3) is 0.219. The maximum Gasteiger partial charge on any atom is 0.335 e. The summed E-state index contributed by atoms with van der Waals surface area (Å²) in [6, 6.07) is 27.3. The number of nitrogens with one attached hydrogen (secondary N) is 2. The second-order valence-electron chi connectivity index (χ2n) is 9.93. The van der Waals surface area contributed by atoms with Crippen LogP contribution in [0, 0.1) is 5.92 Å². The van der Waals surface area contributed by atoms with E-state index in [1.165, 1.54) is 23.3 Å². The fourth-order valence-corrected chi connectivity index (χ4v) is 5.43. The number of hydrogen-bond acceptors (Lipinski definition) is 4. The number of amides is 3. The Balaban J connectivity index is 1.38. The molecular weight excluding hydrogens is 506 g/mol. The predicted octanol–water partition coefficient (Wildman–Crippen LogP) is 5.67. The molecule has 0 bridgehead atoms. The minimum absolute atomic E-state index is 0.0546. The summed E-state index contributed by atoms with van der Waals surface area (Å²) in [6.45, 7) is 0.0297. The van der Waals surface area contributed by atoms with Crippen molar-refractivity contribution in [2.45, 2.75) is 31.8 Å². The molecule has 8 heteroatoms. The smallest absolute Gasteiger partial charge is 0.335 e. The number of carbonyl (C=O) groups is 3. The van der Waals surface area contributed by atoms with E-state index >= 15 is 0 Å². The maximum atomic E-state index is 13.8. The molecule has 3 N–H and O–H groups in total. The number of nitrogens with zero attached hydrogens (tertiary/aromatic N) is 1. The topological polar surface area (TPSA) is 112 Å². The fourth-order valence-electron chi connectivity index (χ4n) is 5.43. The van der Waals surface area contributed by atoms with Crippen LogP contribution in [0.3, 0.4) is 0 Å². The molecule has 4 aromatic rings. The van der Waals surface area contributed by atoms with Gasteiger partial charge in [-0.2, -0.15) is 0 Å². The third-order valence-electron chi connectivity index (χ3n) is 7.28. The molecule has 3 aromatic carbocycles. The second kappa shape index (κ2) is 12.3. The van der Waals surface area contributed by atoms with E-state index in [1.807, 2.05) is 41.3 Å². The van der Waals surface area contributed by atoms with Gasteiger partial charge in [-0.05, 0) is 72.2 Å². The standard InChI is InChI=1S/C32H31N3O5/c36-29(20-33-32(39)34-26-12-6-11-25(19-26)31(37)38)35(21-27-13-7-17-40-27)30-24(18-22-8-2-1-3-9-22)16-15-23-10-4-5-14-28(23)30/h1-14,17,19,24,30H,15-16,18,20-21H2,(H,37,38)(H2,33,34,39)/t24-,30+/m1/s1. The van der Waals surface area contributed by atoms with Gasteiger partial charge in [0.2, 0.25) is 5.91 Å². The summed E-state index contributed by atoms with van der Waals surface area (Å²) in [4.78, 5) is 39.6. The van der Waals surface area contributed by atoms with Crippen molar-refractivity contribution in [3.8, 4) is 0 Å². The van der Waals surface area contributed by atoms with Gasteiger partial charge in [-0.25, -0.2) is 9.59 Å². The second-order valence-corrected chi connectivity index (χ2v) is 9.93. The number of carboxylic acids is 1. The highest BCUT2D eigenvalue weighted by molar-refractivity contribution is 5.94. The number of fused-ring (bicyclic) bond motifs is 1. The Morgan fingerprint density at radius 1 is 0.925 bits per heavy atom. The van der Waals surface area contributed by atoms with Crippen LogP contribution in [0.25, 0.3) is 0 Å². The van der Waals surface area contributed by atoms with E-state index in [4.69, 9.17) is 4.42 Å². The molecule has 0 saturated heterocycles. The SMILES string of the molecule is O=C(NCC(=O)N(Cc1ccco1)[C@@H]1c2ccccc2CC[C@@H]1Cc1ccccc1)Nc1cccc(C(=O)O)c1. The molecule has 1 aliphatic rings. The Morgan fingerprint density at radius 3 is 2.50 bits per heavy atom. The van der Waals surface area contributed by atoms with Gasteiger partial charge in [0.05, 0.1) is 31.0 Å². The van der Waals surface area contributed by atoms with E-state index in [2.05, 4.69) is 34.9 Å². The molecule has 1 aliphatic carbocycles. The largest absolute Gasteiger partial charge is 0.478 e. The molecular formula is C32H31N3O5. The predicted molar refractivity (Wildman–Crippen MR) is 151 cm³/mol. The number of furan rings is 1. The van der Waals surface area contributed by atoms with Gasteiger partial charge in [0.1, 0.15) is 5.76 Å². The molecule has 1 heterocycles. The average molecular weight is 538 g/mol. The molecule has 5 rings (SSSR count).